The highest BCUT2D eigenvalue weighted by Crippen LogP contribution is 2.20. The fourth-order valence-corrected chi connectivity index (χ4v) is 2.19. The van der Waals surface area contributed by atoms with Crippen LogP contribution in [0.3, 0.4) is 0 Å². The molecule has 1 aliphatic carbocycles. The van der Waals surface area contributed by atoms with E-state index in [4.69, 9.17) is 5.11 Å². The molecule has 86 valence electrons. The molecule has 0 fully saturated rings. The van der Waals surface area contributed by atoms with Gasteiger partial charge in [-0.2, -0.15) is 0 Å². The number of nitrogens with zero attached hydrogens (tertiary/aromatic N) is 2. The standard InChI is InChI=1S/C12H16N2O2/c1-9(6-12(15)16)7-14-8-13-10-4-2-3-5-11(10)14/h6,8H,2-5,7H2,1H3,(H,15,16). The molecular formula is C12H16N2O2. The van der Waals surface area contributed by atoms with E-state index in [0.717, 1.165) is 18.4 Å². The molecule has 1 heterocycles. The van der Waals surface area contributed by atoms with Crippen molar-refractivity contribution in [1.82, 2.24) is 9.55 Å². The van der Waals surface area contributed by atoms with Crippen LogP contribution in [0.15, 0.2) is 18.0 Å². The molecule has 1 aromatic rings. The topological polar surface area (TPSA) is 55.1 Å². The zero-order valence-electron chi connectivity index (χ0n) is 9.44. The Balaban J connectivity index is 2.16. The van der Waals surface area contributed by atoms with Crippen LogP contribution in [0.4, 0.5) is 0 Å². The first-order valence-corrected chi connectivity index (χ1v) is 5.60. The molecule has 16 heavy (non-hydrogen) atoms. The van der Waals surface area contributed by atoms with Crippen molar-refractivity contribution in [3.05, 3.63) is 29.4 Å². The first-order valence-electron chi connectivity index (χ1n) is 5.60. The van der Waals surface area contributed by atoms with E-state index < -0.39 is 5.97 Å². The number of allylic oxidation sites excluding steroid dienone is 1. The molecule has 1 aliphatic rings. The van der Waals surface area contributed by atoms with Gasteiger partial charge < -0.3 is 9.67 Å². The molecule has 4 nitrogen and oxygen atoms in total. The summed E-state index contributed by atoms with van der Waals surface area (Å²) in [6.45, 7) is 2.47. The predicted octanol–water partition coefficient (Wildman–Crippen LogP) is 1.79. The van der Waals surface area contributed by atoms with Crippen LogP contribution in [-0.4, -0.2) is 20.6 Å². The van der Waals surface area contributed by atoms with Crippen LogP contribution >= 0.6 is 0 Å². The number of carboxylic acid groups (broad SMARTS) is 1. The van der Waals surface area contributed by atoms with Crippen LogP contribution in [0, 0.1) is 0 Å². The monoisotopic (exact) mass is 220 g/mol. The second kappa shape index (κ2) is 4.51. The number of hydrogen-bond donors (Lipinski definition) is 1. The van der Waals surface area contributed by atoms with E-state index in [1.54, 1.807) is 0 Å². The van der Waals surface area contributed by atoms with E-state index in [-0.39, 0.29) is 0 Å². The molecular weight excluding hydrogens is 204 g/mol. The van der Waals surface area contributed by atoms with Crippen molar-refractivity contribution in [3.63, 3.8) is 0 Å². The van der Waals surface area contributed by atoms with Gasteiger partial charge in [-0.3, -0.25) is 0 Å². The van der Waals surface area contributed by atoms with Gasteiger partial charge in [0.05, 0.1) is 12.0 Å². The molecule has 0 amide bonds. The molecule has 1 aromatic heterocycles. The van der Waals surface area contributed by atoms with Crippen LogP contribution in [0.2, 0.25) is 0 Å². The highest BCUT2D eigenvalue weighted by molar-refractivity contribution is 5.80. The molecule has 0 radical (unpaired) electrons. The normalized spacial score (nSPS) is 15.9. The first kappa shape index (κ1) is 10.9. The summed E-state index contributed by atoms with van der Waals surface area (Å²) in [5.41, 5.74) is 3.32. The molecule has 0 spiro atoms. The van der Waals surface area contributed by atoms with E-state index in [1.807, 2.05) is 13.3 Å². The lowest BCUT2D eigenvalue weighted by Crippen LogP contribution is -2.09. The van der Waals surface area contributed by atoms with Crippen molar-refractivity contribution in [2.75, 3.05) is 0 Å². The average molecular weight is 220 g/mol. The Kier molecular flexibility index (Phi) is 3.08. The van der Waals surface area contributed by atoms with Crippen molar-refractivity contribution < 1.29 is 9.90 Å². The number of aryl methyl sites for hydroxylation is 1. The highest BCUT2D eigenvalue weighted by Gasteiger charge is 2.14. The van der Waals surface area contributed by atoms with Gasteiger partial charge in [0.2, 0.25) is 0 Å². The number of hydrogen-bond acceptors (Lipinski definition) is 2. The third kappa shape index (κ3) is 2.32. The Morgan fingerprint density at radius 1 is 1.56 bits per heavy atom. The van der Waals surface area contributed by atoms with Gasteiger partial charge in [0.25, 0.3) is 0 Å². The Morgan fingerprint density at radius 3 is 3.06 bits per heavy atom. The summed E-state index contributed by atoms with van der Waals surface area (Å²) in [5.74, 6) is -0.883. The number of fused-ring (bicyclic) bond motifs is 1. The number of aliphatic carboxylic acids is 1. The molecule has 4 heteroatoms. The minimum absolute atomic E-state index is 0.634. The summed E-state index contributed by atoms with van der Waals surface area (Å²) in [6.07, 6.45) is 7.64. The molecule has 0 aromatic carbocycles. The largest absolute Gasteiger partial charge is 0.478 e. The van der Waals surface area contributed by atoms with Crippen molar-refractivity contribution >= 4 is 5.97 Å². The van der Waals surface area contributed by atoms with Crippen LogP contribution in [0.5, 0.6) is 0 Å². The molecule has 0 unspecified atom stereocenters. The van der Waals surface area contributed by atoms with E-state index in [1.165, 1.54) is 30.3 Å². The zero-order valence-corrected chi connectivity index (χ0v) is 9.44. The summed E-state index contributed by atoms with van der Waals surface area (Å²) in [4.78, 5) is 14.9. The minimum Gasteiger partial charge on any atom is -0.478 e. The van der Waals surface area contributed by atoms with Crippen molar-refractivity contribution in [1.29, 1.82) is 0 Å². The number of imidazole rings is 1. The fourth-order valence-electron chi connectivity index (χ4n) is 2.19. The smallest absolute Gasteiger partial charge is 0.328 e. The van der Waals surface area contributed by atoms with Gasteiger partial charge in [0.1, 0.15) is 0 Å². The Hall–Kier alpha value is -1.58. The molecule has 0 atom stereocenters. The van der Waals surface area contributed by atoms with E-state index in [9.17, 15) is 4.79 Å². The molecule has 1 N–H and O–H groups in total. The third-order valence-electron chi connectivity index (χ3n) is 2.90. The second-order valence-corrected chi connectivity index (χ2v) is 4.30. The van der Waals surface area contributed by atoms with E-state index >= 15 is 0 Å². The highest BCUT2D eigenvalue weighted by atomic mass is 16.4. The van der Waals surface area contributed by atoms with E-state index in [2.05, 4.69) is 9.55 Å². The predicted molar refractivity (Wildman–Crippen MR) is 60.3 cm³/mol. The molecule has 0 saturated heterocycles. The average Bonchev–Trinajstić information content (AvgIpc) is 2.61. The number of rotatable bonds is 3. The van der Waals surface area contributed by atoms with Gasteiger partial charge in [-0.15, -0.1) is 0 Å². The maximum atomic E-state index is 10.5. The lowest BCUT2D eigenvalue weighted by molar-refractivity contribution is -0.131. The molecule has 0 bridgehead atoms. The molecule has 0 aliphatic heterocycles. The van der Waals surface area contributed by atoms with Gasteiger partial charge in [0, 0.05) is 18.3 Å². The van der Waals surface area contributed by atoms with Gasteiger partial charge in [0.15, 0.2) is 0 Å². The van der Waals surface area contributed by atoms with Gasteiger partial charge in [-0.25, -0.2) is 9.78 Å². The van der Waals surface area contributed by atoms with Crippen LogP contribution < -0.4 is 0 Å². The summed E-state index contributed by atoms with van der Waals surface area (Å²) in [5, 5.41) is 8.65. The van der Waals surface area contributed by atoms with Crippen molar-refractivity contribution in [2.24, 2.45) is 0 Å². The summed E-state index contributed by atoms with van der Waals surface area (Å²) < 4.78 is 2.07. The number of aromatic nitrogens is 2. The molecule has 2 rings (SSSR count). The van der Waals surface area contributed by atoms with Crippen LogP contribution in [-0.2, 0) is 24.2 Å². The molecule has 0 saturated carbocycles. The first-order chi connectivity index (χ1) is 7.66. The van der Waals surface area contributed by atoms with Gasteiger partial charge in [-0.05, 0) is 38.2 Å². The van der Waals surface area contributed by atoms with Crippen molar-refractivity contribution in [3.8, 4) is 0 Å². The summed E-state index contributed by atoms with van der Waals surface area (Å²) in [7, 11) is 0. The van der Waals surface area contributed by atoms with Crippen molar-refractivity contribution in [2.45, 2.75) is 39.2 Å². The minimum atomic E-state index is -0.883. The summed E-state index contributed by atoms with van der Waals surface area (Å²) in [6, 6.07) is 0. The number of carboxylic acids is 1. The van der Waals surface area contributed by atoms with Gasteiger partial charge >= 0.3 is 5.97 Å². The lowest BCUT2D eigenvalue weighted by Gasteiger charge is -2.13. The maximum Gasteiger partial charge on any atom is 0.328 e. The third-order valence-corrected chi connectivity index (χ3v) is 2.90. The Morgan fingerprint density at radius 2 is 2.31 bits per heavy atom. The second-order valence-electron chi connectivity index (χ2n) is 4.30. The van der Waals surface area contributed by atoms with Gasteiger partial charge in [-0.1, -0.05) is 0 Å². The quantitative estimate of drug-likeness (QED) is 0.790. The van der Waals surface area contributed by atoms with E-state index in [0.29, 0.717) is 6.54 Å². The van der Waals surface area contributed by atoms with Crippen LogP contribution in [0.1, 0.15) is 31.2 Å². The fraction of sp³-hybridized carbons (Fsp3) is 0.500. The number of carbonyl (C=O) groups is 1. The summed E-state index contributed by atoms with van der Waals surface area (Å²) >= 11 is 0. The Labute approximate surface area is 94.6 Å². The van der Waals surface area contributed by atoms with Crippen LogP contribution in [0.25, 0.3) is 0 Å². The lowest BCUT2D eigenvalue weighted by atomic mass is 10.0. The maximum absolute atomic E-state index is 10.5. The Bertz CT molecular complexity index is 432. The SMILES string of the molecule is CC(=CC(=O)O)Cn1cnc2c1CCCC2. The zero-order chi connectivity index (χ0) is 11.5.